The molecule has 1 unspecified atom stereocenters. The molecule has 2 aliphatic rings. The molecule has 1 saturated heterocycles. The molecule has 4 rings (SSSR count). The zero-order chi connectivity index (χ0) is 23.8. The Morgan fingerprint density at radius 3 is 2.88 bits per heavy atom. The van der Waals surface area contributed by atoms with Crippen molar-refractivity contribution < 1.29 is 24.7 Å². The van der Waals surface area contributed by atoms with E-state index in [9.17, 15) is 19.5 Å². The molecule has 13 nitrogen and oxygen atoms in total. The van der Waals surface area contributed by atoms with E-state index in [1.54, 1.807) is 6.20 Å². The number of carbonyl (C=O) groups is 3. The van der Waals surface area contributed by atoms with E-state index in [-0.39, 0.29) is 43.2 Å². The highest BCUT2D eigenvalue weighted by Crippen LogP contribution is 2.58. The molecule has 18 heteroatoms. The average Bonchev–Trinajstić information content (AvgIpc) is 3.37. The third-order valence-corrected chi connectivity index (χ3v) is 9.35. The van der Waals surface area contributed by atoms with Gasteiger partial charge in [-0.3, -0.25) is 19.6 Å². The largest absolute Gasteiger partial charge is 0.477 e. The van der Waals surface area contributed by atoms with Gasteiger partial charge in [-0.1, -0.05) is 56.8 Å². The Hall–Kier alpha value is -2.47. The van der Waals surface area contributed by atoms with Crippen LogP contribution in [-0.2, 0) is 19.3 Å². The molecule has 0 aromatic carbocycles. The molecule has 2 aromatic rings. The van der Waals surface area contributed by atoms with Crippen LogP contribution in [0.3, 0.4) is 0 Å². The molecule has 2 atom stereocenters. The first kappa shape index (κ1) is 23.7. The number of nitrogens with two attached hydrogens (primary N) is 1. The number of amides is 2. The fraction of sp³-hybridized carbons (Fsp3) is 0.267. The molecule has 0 saturated carbocycles. The highest BCUT2D eigenvalue weighted by atomic mass is 35.5. The average molecular weight is 549 g/mol. The van der Waals surface area contributed by atoms with Gasteiger partial charge in [-0.15, -0.1) is 16.9 Å². The normalized spacial score (nSPS) is 22.4. The van der Waals surface area contributed by atoms with Gasteiger partial charge < -0.3 is 21.4 Å². The minimum absolute atomic E-state index is 0.0516. The van der Waals surface area contributed by atoms with Crippen LogP contribution in [0.2, 0.25) is 4.34 Å². The second-order valence-corrected chi connectivity index (χ2v) is 11.7. The molecule has 0 radical (unpaired) electrons. The number of anilines is 1. The highest BCUT2D eigenvalue weighted by molar-refractivity contribution is 8.18. The molecule has 0 bridgehead atoms. The Bertz CT molecular complexity index is 1170. The maximum absolute atomic E-state index is 12.5. The fourth-order valence-electron chi connectivity index (χ4n) is 3.17. The van der Waals surface area contributed by atoms with Crippen molar-refractivity contribution in [2.75, 3.05) is 10.8 Å². The number of carboxylic acids is 1. The SMILES string of the molecule is Nc1nc(C2(NC(=O)/C=N\O)S[C@@H]3CC(=O)N3C(C(=O)O)=C2SCSc2c[nH]nn2)c(Cl)s1. The van der Waals surface area contributed by atoms with Crippen molar-refractivity contribution in [1.29, 1.82) is 0 Å². The summed E-state index contributed by atoms with van der Waals surface area (Å²) >= 11 is 10.8. The van der Waals surface area contributed by atoms with Gasteiger partial charge in [-0.05, 0) is 0 Å². The van der Waals surface area contributed by atoms with Crippen molar-refractivity contribution in [3.63, 3.8) is 0 Å². The van der Waals surface area contributed by atoms with Crippen LogP contribution in [-0.4, -0.2) is 70.1 Å². The number of hydrogen-bond donors (Lipinski definition) is 5. The summed E-state index contributed by atoms with van der Waals surface area (Å²) < 4.78 is 0.132. The van der Waals surface area contributed by atoms with Crippen LogP contribution in [0.4, 0.5) is 5.13 Å². The predicted octanol–water partition coefficient (Wildman–Crippen LogP) is 1.31. The Morgan fingerprint density at radius 2 is 2.30 bits per heavy atom. The van der Waals surface area contributed by atoms with Crippen LogP contribution >= 0.6 is 58.2 Å². The number of aromatic nitrogens is 4. The summed E-state index contributed by atoms with van der Waals surface area (Å²) in [6.45, 7) is 0. The predicted molar refractivity (Wildman–Crippen MR) is 124 cm³/mol. The number of aliphatic carboxylic acids is 1. The number of β-lactam (4-membered cyclic amide) rings is 1. The monoisotopic (exact) mass is 548 g/mol. The van der Waals surface area contributed by atoms with Gasteiger partial charge >= 0.3 is 5.97 Å². The summed E-state index contributed by atoms with van der Waals surface area (Å²) in [5.41, 5.74) is 5.66. The van der Waals surface area contributed by atoms with Crippen molar-refractivity contribution in [1.82, 2.24) is 30.6 Å². The smallest absolute Gasteiger partial charge is 0.353 e. The van der Waals surface area contributed by atoms with E-state index in [1.165, 1.54) is 16.7 Å². The number of carbonyl (C=O) groups excluding carboxylic acids is 2. The molecular formula is C15H13ClN8O5S4. The van der Waals surface area contributed by atoms with Crippen LogP contribution in [0.1, 0.15) is 12.1 Å². The van der Waals surface area contributed by atoms with E-state index >= 15 is 0 Å². The van der Waals surface area contributed by atoms with E-state index in [0.29, 0.717) is 11.2 Å². The zero-order valence-electron chi connectivity index (χ0n) is 16.1. The van der Waals surface area contributed by atoms with Crippen LogP contribution in [0, 0.1) is 0 Å². The quantitative estimate of drug-likeness (QED) is 0.0791. The van der Waals surface area contributed by atoms with Crippen LogP contribution < -0.4 is 11.1 Å². The minimum Gasteiger partial charge on any atom is -0.477 e. The van der Waals surface area contributed by atoms with Gasteiger partial charge in [0.25, 0.3) is 5.91 Å². The van der Waals surface area contributed by atoms with Crippen LogP contribution in [0.15, 0.2) is 27.0 Å². The number of aromatic amines is 1. The van der Waals surface area contributed by atoms with Gasteiger partial charge in [0, 0.05) is 0 Å². The lowest BCUT2D eigenvalue weighted by Gasteiger charge is -2.51. The van der Waals surface area contributed by atoms with Gasteiger partial charge in [0.15, 0.2) is 10.0 Å². The first-order valence-corrected chi connectivity index (χ1v) is 12.8. The van der Waals surface area contributed by atoms with Crippen molar-refractivity contribution in [3.05, 3.63) is 26.8 Å². The van der Waals surface area contributed by atoms with E-state index in [4.69, 9.17) is 22.5 Å². The molecule has 4 heterocycles. The first-order valence-electron chi connectivity index (χ1n) is 8.78. The molecule has 2 aromatic heterocycles. The second-order valence-electron chi connectivity index (χ2n) is 6.33. The summed E-state index contributed by atoms with van der Waals surface area (Å²) in [6, 6.07) is 0. The standard InChI is InChI=1S/C15H13ClN8O5S4/c16-12-10(20-14(17)32-12)15(21-5(25)2-19-29)11(31-4-30-6-3-18-23-22-6)9(13(27)28)24-7(26)1-8(24)33-15/h2-3,8,29H,1,4H2,(H2,17,20)(H,21,25)(H,27,28)(H,18,22,23)/b19-2-/t8-,15?/m1/s1. The lowest BCUT2D eigenvalue weighted by atomic mass is 10.1. The molecular weight excluding hydrogens is 536 g/mol. The van der Waals surface area contributed by atoms with Gasteiger partial charge in [-0.2, -0.15) is 0 Å². The van der Waals surface area contributed by atoms with Gasteiger partial charge in [-0.25, -0.2) is 9.78 Å². The number of halogens is 1. The lowest BCUT2D eigenvalue weighted by Crippen LogP contribution is -2.60. The number of H-pyrrole nitrogens is 1. The molecule has 1 fully saturated rings. The number of nitrogen functional groups attached to an aromatic ring is 1. The van der Waals surface area contributed by atoms with Gasteiger partial charge in [0.2, 0.25) is 5.91 Å². The molecule has 2 aliphatic heterocycles. The number of nitrogens with one attached hydrogen (secondary N) is 2. The second kappa shape index (κ2) is 9.41. The number of carboxylic acid groups (broad SMARTS) is 1. The zero-order valence-corrected chi connectivity index (χ0v) is 20.1. The van der Waals surface area contributed by atoms with Crippen molar-refractivity contribution in [3.8, 4) is 0 Å². The molecule has 2 amide bonds. The summed E-state index contributed by atoms with van der Waals surface area (Å²) in [4.78, 5) is 41.1. The van der Waals surface area contributed by atoms with Crippen LogP contribution in [0.5, 0.6) is 0 Å². The maximum atomic E-state index is 12.5. The molecule has 6 N–H and O–H groups in total. The van der Waals surface area contributed by atoms with Crippen LogP contribution in [0.25, 0.3) is 0 Å². The van der Waals surface area contributed by atoms with Crippen molar-refractivity contribution in [2.24, 2.45) is 5.16 Å². The Kier molecular flexibility index (Phi) is 6.76. The third kappa shape index (κ3) is 4.37. The number of nitrogens with zero attached hydrogens (tertiary/aromatic N) is 5. The Balaban J connectivity index is 1.87. The van der Waals surface area contributed by atoms with Gasteiger partial charge in [0.1, 0.15) is 27.0 Å². The summed E-state index contributed by atoms with van der Waals surface area (Å²) in [5.74, 6) is -2.57. The van der Waals surface area contributed by atoms with E-state index in [2.05, 4.69) is 30.9 Å². The van der Waals surface area contributed by atoms with E-state index < -0.39 is 22.1 Å². The summed E-state index contributed by atoms with van der Waals surface area (Å²) in [5, 5.41) is 34.7. The van der Waals surface area contributed by atoms with Gasteiger partial charge in [0.05, 0.1) is 28.0 Å². The summed E-state index contributed by atoms with van der Waals surface area (Å²) in [6.07, 6.45) is 2.24. The molecule has 0 aliphatic carbocycles. The first-order chi connectivity index (χ1) is 15.8. The summed E-state index contributed by atoms with van der Waals surface area (Å²) in [7, 11) is 0. The lowest BCUT2D eigenvalue weighted by molar-refractivity contribution is -0.146. The number of oxime groups is 1. The Morgan fingerprint density at radius 1 is 1.52 bits per heavy atom. The molecule has 0 spiro atoms. The molecule has 33 heavy (non-hydrogen) atoms. The van der Waals surface area contributed by atoms with Crippen molar-refractivity contribution in [2.45, 2.75) is 21.7 Å². The third-order valence-electron chi connectivity index (χ3n) is 4.41. The van der Waals surface area contributed by atoms with E-state index in [0.717, 1.165) is 34.9 Å². The number of thiazole rings is 1. The molecule has 174 valence electrons. The highest BCUT2D eigenvalue weighted by Gasteiger charge is 2.58. The van der Waals surface area contributed by atoms with Crippen molar-refractivity contribution >= 4 is 87.4 Å². The number of thioether (sulfide) groups is 3. The fourth-order valence-corrected chi connectivity index (χ4v) is 8.33. The number of fused-ring (bicyclic) bond motifs is 1. The number of rotatable bonds is 8. The number of hydrogen-bond acceptors (Lipinski definition) is 13. The van der Waals surface area contributed by atoms with E-state index in [1.807, 2.05) is 0 Å². The Labute approximate surface area is 206 Å². The maximum Gasteiger partial charge on any atom is 0.353 e. The minimum atomic E-state index is -1.62. The topological polar surface area (TPSA) is 200 Å².